The second-order valence-corrected chi connectivity index (χ2v) is 9.97. The van der Waals surface area contributed by atoms with E-state index < -0.39 is 21.5 Å². The molecular formula is C24H24N2O5S. The Kier molecular flexibility index (Phi) is 5.42. The van der Waals surface area contributed by atoms with E-state index in [1.54, 1.807) is 54.6 Å². The number of rotatable bonds is 6. The molecule has 2 aromatic carbocycles. The lowest BCUT2D eigenvalue weighted by Crippen LogP contribution is -2.45. The zero-order chi connectivity index (χ0) is 23.1. The summed E-state index contributed by atoms with van der Waals surface area (Å²) >= 11 is 0. The highest BCUT2D eigenvalue weighted by Crippen LogP contribution is 2.43. The Labute approximate surface area is 186 Å². The molecule has 0 saturated carbocycles. The van der Waals surface area contributed by atoms with Crippen LogP contribution in [-0.4, -0.2) is 35.9 Å². The number of allylic oxidation sites excluding steroid dienone is 1. The third-order valence-electron chi connectivity index (χ3n) is 6.15. The monoisotopic (exact) mass is 452 g/mol. The molecular weight excluding hydrogens is 428 g/mol. The Bertz CT molecular complexity index is 1340. The van der Waals surface area contributed by atoms with Crippen molar-refractivity contribution in [2.45, 2.75) is 31.1 Å². The number of para-hydroxylation sites is 1. The first-order valence-corrected chi connectivity index (χ1v) is 11.7. The maximum Gasteiger partial charge on any atom is 0.404 e. The summed E-state index contributed by atoms with van der Waals surface area (Å²) in [5.74, 6) is -0.263. The predicted octanol–water partition coefficient (Wildman–Crippen LogP) is 4.15. The maximum atomic E-state index is 13.8. The van der Waals surface area contributed by atoms with Gasteiger partial charge in [0, 0.05) is 23.2 Å². The van der Waals surface area contributed by atoms with Gasteiger partial charge in [-0.2, -0.15) is 0 Å². The fraction of sp³-hybridized carbons (Fsp3) is 0.250. The summed E-state index contributed by atoms with van der Waals surface area (Å²) in [5.41, 5.74) is 1.16. The molecule has 1 aromatic heterocycles. The van der Waals surface area contributed by atoms with E-state index in [-0.39, 0.29) is 23.6 Å². The second-order valence-electron chi connectivity index (χ2n) is 8.18. The Morgan fingerprint density at radius 1 is 1.22 bits per heavy atom. The van der Waals surface area contributed by atoms with Crippen LogP contribution in [0.4, 0.5) is 4.79 Å². The minimum Gasteiger partial charge on any atom is -0.465 e. The van der Waals surface area contributed by atoms with Crippen LogP contribution in [0.1, 0.15) is 34.5 Å². The van der Waals surface area contributed by atoms with Crippen molar-refractivity contribution in [1.29, 1.82) is 0 Å². The van der Waals surface area contributed by atoms with E-state index in [1.165, 1.54) is 3.97 Å². The number of Topliss-reactive ketones (excluding diaryl/α,β-unsaturated/α-hetero) is 1. The number of amides is 1. The van der Waals surface area contributed by atoms with Gasteiger partial charge >= 0.3 is 6.09 Å². The maximum absolute atomic E-state index is 13.8. The molecule has 1 aliphatic rings. The number of hydrogen-bond acceptors (Lipinski definition) is 4. The topological polar surface area (TPSA) is 105 Å². The van der Waals surface area contributed by atoms with Crippen LogP contribution in [0.15, 0.2) is 66.1 Å². The lowest BCUT2D eigenvalue weighted by molar-refractivity contribution is 0.0758. The van der Waals surface area contributed by atoms with E-state index in [0.29, 0.717) is 35.0 Å². The molecule has 1 amide bonds. The molecule has 0 bridgehead atoms. The summed E-state index contributed by atoms with van der Waals surface area (Å²) in [4.78, 5) is 25.1. The minimum absolute atomic E-state index is 0.0587. The van der Waals surface area contributed by atoms with Crippen LogP contribution >= 0.6 is 0 Å². The van der Waals surface area contributed by atoms with Gasteiger partial charge in [-0.25, -0.2) is 17.2 Å². The molecule has 8 heteroatoms. The molecule has 1 unspecified atom stereocenters. The summed E-state index contributed by atoms with van der Waals surface area (Å²) < 4.78 is 28.6. The van der Waals surface area contributed by atoms with E-state index in [1.807, 2.05) is 6.92 Å². The van der Waals surface area contributed by atoms with Gasteiger partial charge in [0.05, 0.1) is 15.8 Å². The molecule has 7 nitrogen and oxygen atoms in total. The number of carboxylic acid groups (broad SMARTS) is 1. The zero-order valence-electron chi connectivity index (χ0n) is 17.7. The van der Waals surface area contributed by atoms with Gasteiger partial charge in [-0.05, 0) is 44.4 Å². The van der Waals surface area contributed by atoms with Gasteiger partial charge in [-0.15, -0.1) is 6.58 Å². The highest BCUT2D eigenvalue weighted by molar-refractivity contribution is 7.90. The van der Waals surface area contributed by atoms with Gasteiger partial charge in [0.1, 0.15) is 0 Å². The predicted molar refractivity (Wildman–Crippen MR) is 122 cm³/mol. The smallest absolute Gasteiger partial charge is 0.404 e. The summed E-state index contributed by atoms with van der Waals surface area (Å²) in [6.45, 7) is 5.56. The molecule has 0 radical (unpaired) electrons. The first-order chi connectivity index (χ1) is 15.2. The molecule has 0 saturated heterocycles. The Morgan fingerprint density at radius 2 is 1.91 bits per heavy atom. The third-order valence-corrected chi connectivity index (χ3v) is 7.91. The fourth-order valence-electron chi connectivity index (χ4n) is 4.53. The molecule has 32 heavy (non-hydrogen) atoms. The van der Waals surface area contributed by atoms with Crippen molar-refractivity contribution in [3.8, 4) is 0 Å². The number of hydrogen-bond donors (Lipinski definition) is 2. The van der Waals surface area contributed by atoms with Crippen molar-refractivity contribution >= 4 is 32.8 Å². The zero-order valence-corrected chi connectivity index (χ0v) is 18.5. The van der Waals surface area contributed by atoms with E-state index >= 15 is 0 Å². The Balaban J connectivity index is 1.94. The third kappa shape index (κ3) is 3.40. The van der Waals surface area contributed by atoms with Crippen LogP contribution in [0, 0.1) is 12.3 Å². The molecule has 4 rings (SSSR count). The normalized spacial score (nSPS) is 18.3. The number of nitrogens with zero attached hydrogens (tertiary/aromatic N) is 1. The minimum atomic E-state index is -3.94. The number of fused-ring (bicyclic) bond motifs is 3. The molecule has 3 aromatic rings. The van der Waals surface area contributed by atoms with Crippen LogP contribution in [-0.2, 0) is 16.4 Å². The van der Waals surface area contributed by atoms with Gasteiger partial charge in [-0.1, -0.05) is 42.0 Å². The number of aromatic nitrogens is 1. The number of carbonyl (C=O) groups excluding carboxylic acids is 1. The van der Waals surface area contributed by atoms with E-state index in [4.69, 9.17) is 5.11 Å². The molecule has 0 aliphatic heterocycles. The van der Waals surface area contributed by atoms with Crippen LogP contribution in [0.5, 0.6) is 0 Å². The lowest BCUT2D eigenvalue weighted by atomic mass is 9.69. The SMILES string of the molecule is C=CCC1(CNC(=O)O)CCc2c(c3ccccc3n2S(=O)(=O)c2ccc(C)cc2)C1=O. The first-order valence-electron chi connectivity index (χ1n) is 10.3. The second kappa shape index (κ2) is 7.94. The first kappa shape index (κ1) is 21.8. The number of nitrogens with one attached hydrogen (secondary N) is 1. The van der Waals surface area contributed by atoms with Crippen molar-refractivity contribution in [2.75, 3.05) is 6.54 Å². The quantitative estimate of drug-likeness (QED) is 0.547. The number of carbonyl (C=O) groups is 2. The van der Waals surface area contributed by atoms with Crippen LogP contribution in [0.25, 0.3) is 10.9 Å². The lowest BCUT2D eigenvalue weighted by Gasteiger charge is -2.35. The Morgan fingerprint density at radius 3 is 2.56 bits per heavy atom. The summed E-state index contributed by atoms with van der Waals surface area (Å²) in [6.07, 6.45) is 1.31. The van der Waals surface area contributed by atoms with Gasteiger partial charge in [-0.3, -0.25) is 4.79 Å². The molecule has 0 fully saturated rings. The van der Waals surface area contributed by atoms with Gasteiger partial charge in [0.2, 0.25) is 0 Å². The van der Waals surface area contributed by atoms with Gasteiger partial charge in [0.15, 0.2) is 5.78 Å². The van der Waals surface area contributed by atoms with Crippen molar-refractivity contribution < 1.29 is 23.1 Å². The molecule has 166 valence electrons. The summed E-state index contributed by atoms with van der Waals surface area (Å²) in [7, 11) is -3.94. The van der Waals surface area contributed by atoms with E-state index in [2.05, 4.69) is 11.9 Å². The average Bonchev–Trinajstić information content (AvgIpc) is 3.11. The van der Waals surface area contributed by atoms with Crippen molar-refractivity contribution in [3.05, 3.63) is 78.0 Å². The molecule has 1 heterocycles. The fourth-order valence-corrected chi connectivity index (χ4v) is 6.11. The van der Waals surface area contributed by atoms with Crippen molar-refractivity contribution in [3.63, 3.8) is 0 Å². The number of benzene rings is 2. The van der Waals surface area contributed by atoms with Crippen molar-refractivity contribution in [2.24, 2.45) is 5.41 Å². The number of aryl methyl sites for hydroxylation is 1. The standard InChI is InChI=1S/C24H24N2O5S/c1-3-13-24(15-25-23(28)29)14-12-20-21(22(24)27)18-6-4-5-7-19(18)26(20)32(30,31)17-10-8-16(2)9-11-17/h3-11,25H,1,12-15H2,2H3,(H,28,29). The highest BCUT2D eigenvalue weighted by atomic mass is 32.2. The van der Waals surface area contributed by atoms with Crippen molar-refractivity contribution in [1.82, 2.24) is 9.29 Å². The Hall–Kier alpha value is -3.39. The molecule has 2 N–H and O–H groups in total. The van der Waals surface area contributed by atoms with E-state index in [9.17, 15) is 18.0 Å². The molecule has 0 spiro atoms. The highest BCUT2D eigenvalue weighted by Gasteiger charge is 2.45. The summed E-state index contributed by atoms with van der Waals surface area (Å²) in [6, 6.07) is 13.5. The van der Waals surface area contributed by atoms with Crippen LogP contribution < -0.4 is 5.32 Å². The number of ketones is 1. The summed E-state index contributed by atoms with van der Waals surface area (Å²) in [5, 5.41) is 12.0. The largest absolute Gasteiger partial charge is 0.465 e. The van der Waals surface area contributed by atoms with Gasteiger partial charge in [0.25, 0.3) is 10.0 Å². The van der Waals surface area contributed by atoms with Gasteiger partial charge < -0.3 is 10.4 Å². The van der Waals surface area contributed by atoms with Crippen LogP contribution in [0.3, 0.4) is 0 Å². The molecule has 1 aliphatic carbocycles. The average molecular weight is 453 g/mol. The molecule has 1 atom stereocenters. The van der Waals surface area contributed by atoms with Crippen LogP contribution in [0.2, 0.25) is 0 Å². The van der Waals surface area contributed by atoms with E-state index in [0.717, 1.165) is 5.56 Å².